The molecule has 1 aromatic heterocycles. The van der Waals surface area contributed by atoms with Gasteiger partial charge in [0.15, 0.2) is 0 Å². The molecule has 0 aliphatic carbocycles. The largest absolute Gasteiger partial charge is 0.457 e. The van der Waals surface area contributed by atoms with Crippen LogP contribution in [0.15, 0.2) is 78.9 Å². The van der Waals surface area contributed by atoms with Crippen molar-refractivity contribution >= 4 is 34.2 Å². The van der Waals surface area contributed by atoms with Gasteiger partial charge in [0, 0.05) is 17.0 Å². The maximum Gasteiger partial charge on any atom is 0.255 e. The number of pyridine rings is 1. The number of aromatic nitrogens is 1. The van der Waals surface area contributed by atoms with E-state index in [-0.39, 0.29) is 11.7 Å². The highest BCUT2D eigenvalue weighted by Gasteiger charge is 2.12. The number of nitrogen functional groups attached to an aromatic ring is 1. The third-order valence-electron chi connectivity index (χ3n) is 4.41. The van der Waals surface area contributed by atoms with Gasteiger partial charge in [0.1, 0.15) is 17.3 Å². The minimum absolute atomic E-state index is 0.184. The van der Waals surface area contributed by atoms with Crippen molar-refractivity contribution in [3.63, 3.8) is 0 Å². The second-order valence-electron chi connectivity index (χ2n) is 6.50. The Kier molecular flexibility index (Phi) is 5.31. The van der Waals surface area contributed by atoms with Crippen LogP contribution in [-0.2, 0) is 6.54 Å². The molecule has 6 heteroatoms. The lowest BCUT2D eigenvalue weighted by Gasteiger charge is -2.10. The average molecular weight is 404 g/mol. The fourth-order valence-electron chi connectivity index (χ4n) is 2.92. The van der Waals surface area contributed by atoms with E-state index in [9.17, 15) is 4.79 Å². The molecule has 0 unspecified atom stereocenters. The summed E-state index contributed by atoms with van der Waals surface area (Å²) in [7, 11) is 0. The summed E-state index contributed by atoms with van der Waals surface area (Å²) in [5, 5.41) is 4.21. The Balaban J connectivity index is 1.43. The minimum atomic E-state index is -0.290. The van der Waals surface area contributed by atoms with Crippen LogP contribution in [0.2, 0.25) is 5.02 Å². The van der Waals surface area contributed by atoms with Crippen LogP contribution >= 0.6 is 11.6 Å². The van der Waals surface area contributed by atoms with Gasteiger partial charge in [-0.15, -0.1) is 0 Å². The summed E-state index contributed by atoms with van der Waals surface area (Å²) in [4.78, 5) is 16.9. The van der Waals surface area contributed by atoms with Gasteiger partial charge in [-0.2, -0.15) is 0 Å². The molecule has 0 saturated heterocycles. The number of rotatable bonds is 5. The van der Waals surface area contributed by atoms with Crippen molar-refractivity contribution in [2.24, 2.45) is 0 Å². The summed E-state index contributed by atoms with van der Waals surface area (Å²) in [5.74, 6) is 1.39. The van der Waals surface area contributed by atoms with Crippen molar-refractivity contribution in [3.8, 4) is 11.5 Å². The molecule has 29 heavy (non-hydrogen) atoms. The summed E-state index contributed by atoms with van der Waals surface area (Å²) in [5.41, 5.74) is 7.92. The number of nitrogens with one attached hydrogen (secondary N) is 1. The predicted octanol–water partition coefficient (Wildman–Crippen LogP) is 5.19. The first-order chi connectivity index (χ1) is 14.1. The van der Waals surface area contributed by atoms with Crippen LogP contribution in [0.4, 0.5) is 5.82 Å². The van der Waals surface area contributed by atoms with E-state index in [2.05, 4.69) is 10.3 Å². The lowest BCUT2D eigenvalue weighted by Crippen LogP contribution is -2.24. The van der Waals surface area contributed by atoms with Crippen LogP contribution in [0.3, 0.4) is 0 Å². The minimum Gasteiger partial charge on any atom is -0.457 e. The number of nitrogens with two attached hydrogens (primary N) is 1. The Morgan fingerprint density at radius 3 is 2.45 bits per heavy atom. The van der Waals surface area contributed by atoms with Gasteiger partial charge in [-0.3, -0.25) is 4.79 Å². The topological polar surface area (TPSA) is 77.2 Å². The second kappa shape index (κ2) is 8.20. The number of carbonyl (C=O) groups is 1. The number of hydrogen-bond donors (Lipinski definition) is 2. The third kappa shape index (κ3) is 4.47. The van der Waals surface area contributed by atoms with E-state index in [1.165, 1.54) is 0 Å². The Morgan fingerprint density at radius 1 is 0.966 bits per heavy atom. The standard InChI is InChI=1S/C23H18ClN3O2/c24-17-8-11-21-16(12-17)13-20(22(25)27-21)23(28)26-14-15-6-9-19(10-7-15)29-18-4-2-1-3-5-18/h1-13H,14H2,(H2,25,27)(H,26,28). The van der Waals surface area contributed by atoms with Gasteiger partial charge in [-0.25, -0.2) is 4.98 Å². The first kappa shape index (κ1) is 18.8. The smallest absolute Gasteiger partial charge is 0.255 e. The van der Waals surface area contributed by atoms with Crippen molar-refractivity contribution < 1.29 is 9.53 Å². The maximum absolute atomic E-state index is 12.6. The Bertz CT molecular complexity index is 1160. The summed E-state index contributed by atoms with van der Waals surface area (Å²) >= 11 is 6.03. The van der Waals surface area contributed by atoms with Crippen LogP contribution in [0.5, 0.6) is 11.5 Å². The lowest BCUT2D eigenvalue weighted by molar-refractivity contribution is 0.0951. The number of nitrogens with zero attached hydrogens (tertiary/aromatic N) is 1. The number of para-hydroxylation sites is 1. The van der Waals surface area contributed by atoms with Gasteiger partial charge in [-0.05, 0) is 54.1 Å². The highest BCUT2D eigenvalue weighted by atomic mass is 35.5. The number of anilines is 1. The van der Waals surface area contributed by atoms with Gasteiger partial charge in [0.2, 0.25) is 0 Å². The van der Waals surface area contributed by atoms with Crippen LogP contribution in [-0.4, -0.2) is 10.9 Å². The molecule has 4 rings (SSSR count). The lowest BCUT2D eigenvalue weighted by atomic mass is 10.1. The molecule has 0 aliphatic rings. The first-order valence-electron chi connectivity index (χ1n) is 9.04. The normalized spacial score (nSPS) is 10.7. The number of carbonyl (C=O) groups excluding carboxylic acids is 1. The van der Waals surface area contributed by atoms with Gasteiger partial charge in [-0.1, -0.05) is 41.9 Å². The molecule has 0 fully saturated rings. The average Bonchev–Trinajstić information content (AvgIpc) is 2.73. The highest BCUT2D eigenvalue weighted by Crippen LogP contribution is 2.23. The Labute approximate surface area is 173 Å². The predicted molar refractivity (Wildman–Crippen MR) is 115 cm³/mol. The molecule has 3 N–H and O–H groups in total. The zero-order valence-electron chi connectivity index (χ0n) is 15.4. The molecule has 0 aliphatic heterocycles. The van der Waals surface area contributed by atoms with Gasteiger partial charge in [0.25, 0.3) is 5.91 Å². The number of amides is 1. The van der Waals surface area contributed by atoms with E-state index in [0.717, 1.165) is 22.4 Å². The van der Waals surface area contributed by atoms with Gasteiger partial charge in [0.05, 0.1) is 11.1 Å². The van der Waals surface area contributed by atoms with E-state index in [4.69, 9.17) is 22.1 Å². The van der Waals surface area contributed by atoms with Crippen molar-refractivity contribution in [1.29, 1.82) is 0 Å². The highest BCUT2D eigenvalue weighted by molar-refractivity contribution is 6.31. The summed E-state index contributed by atoms with van der Waals surface area (Å²) in [6.45, 7) is 0.359. The Morgan fingerprint density at radius 2 is 1.69 bits per heavy atom. The van der Waals surface area contributed by atoms with E-state index >= 15 is 0 Å². The van der Waals surface area contributed by atoms with Crippen LogP contribution < -0.4 is 15.8 Å². The molecular formula is C23H18ClN3O2. The molecule has 0 saturated carbocycles. The quantitative estimate of drug-likeness (QED) is 0.480. The van der Waals surface area contributed by atoms with Crippen molar-refractivity contribution in [2.45, 2.75) is 6.54 Å². The molecule has 0 atom stereocenters. The maximum atomic E-state index is 12.6. The molecule has 0 spiro atoms. The number of fused-ring (bicyclic) bond motifs is 1. The van der Waals surface area contributed by atoms with E-state index in [1.54, 1.807) is 24.3 Å². The van der Waals surface area contributed by atoms with Gasteiger partial charge < -0.3 is 15.8 Å². The first-order valence-corrected chi connectivity index (χ1v) is 9.42. The van der Waals surface area contributed by atoms with Crippen molar-refractivity contribution in [3.05, 3.63) is 95.0 Å². The van der Waals surface area contributed by atoms with Crippen LogP contribution in [0.25, 0.3) is 10.9 Å². The Hall–Kier alpha value is -3.57. The zero-order valence-corrected chi connectivity index (χ0v) is 16.2. The number of hydrogen-bond acceptors (Lipinski definition) is 4. The van der Waals surface area contributed by atoms with Crippen molar-refractivity contribution in [2.75, 3.05) is 5.73 Å². The fraction of sp³-hybridized carbons (Fsp3) is 0.0435. The summed E-state index contributed by atoms with van der Waals surface area (Å²) in [6, 6.07) is 24.1. The molecular weight excluding hydrogens is 386 g/mol. The molecule has 5 nitrogen and oxygen atoms in total. The fourth-order valence-corrected chi connectivity index (χ4v) is 3.10. The molecule has 1 heterocycles. The molecule has 0 radical (unpaired) electrons. The summed E-state index contributed by atoms with van der Waals surface area (Å²) in [6.07, 6.45) is 0. The van der Waals surface area contributed by atoms with Gasteiger partial charge >= 0.3 is 0 Å². The monoisotopic (exact) mass is 403 g/mol. The van der Waals surface area contributed by atoms with Crippen LogP contribution in [0.1, 0.15) is 15.9 Å². The van der Waals surface area contributed by atoms with E-state index in [0.29, 0.717) is 22.6 Å². The molecule has 3 aromatic carbocycles. The number of benzene rings is 3. The molecule has 4 aromatic rings. The zero-order chi connectivity index (χ0) is 20.2. The number of halogens is 1. The van der Waals surface area contributed by atoms with Crippen molar-refractivity contribution in [1.82, 2.24) is 10.3 Å². The van der Waals surface area contributed by atoms with E-state index in [1.807, 2.05) is 54.6 Å². The third-order valence-corrected chi connectivity index (χ3v) is 4.64. The second-order valence-corrected chi connectivity index (χ2v) is 6.94. The van der Waals surface area contributed by atoms with E-state index < -0.39 is 0 Å². The molecule has 0 bridgehead atoms. The molecule has 144 valence electrons. The number of ether oxygens (including phenoxy) is 1. The van der Waals surface area contributed by atoms with Crippen LogP contribution in [0, 0.1) is 0 Å². The SMILES string of the molecule is Nc1nc2ccc(Cl)cc2cc1C(=O)NCc1ccc(Oc2ccccc2)cc1. The summed E-state index contributed by atoms with van der Waals surface area (Å²) < 4.78 is 5.77. The molecule has 1 amide bonds.